The van der Waals surface area contributed by atoms with Crippen LogP contribution in [0.25, 0.3) is 0 Å². The maximum absolute atomic E-state index is 11.9. The number of aliphatic imine (C=N–C) groups is 1. The second-order valence-electron chi connectivity index (χ2n) is 6.32. The van der Waals surface area contributed by atoms with Crippen molar-refractivity contribution in [3.63, 3.8) is 0 Å². The van der Waals surface area contributed by atoms with Crippen molar-refractivity contribution in [1.29, 1.82) is 0 Å². The van der Waals surface area contributed by atoms with E-state index in [9.17, 15) is 8.42 Å². The molecule has 0 spiro atoms. The Morgan fingerprint density at radius 1 is 1.00 bits per heavy atom. The fourth-order valence-electron chi connectivity index (χ4n) is 3.48. The Hall–Kier alpha value is -2.15. The molecule has 0 aliphatic carbocycles. The summed E-state index contributed by atoms with van der Waals surface area (Å²) in [6, 6.07) is 10.6. The number of piperidine rings is 1. The second-order valence-corrected chi connectivity index (χ2v) is 8.07. The largest absolute Gasteiger partial charge is 0.353 e. The second kappa shape index (κ2) is 6.05. The number of nitrogens with zero attached hydrogens (tertiary/aromatic N) is 4. The lowest BCUT2D eigenvalue weighted by Crippen LogP contribution is -2.50. The van der Waals surface area contributed by atoms with E-state index >= 15 is 0 Å². The van der Waals surface area contributed by atoms with E-state index in [1.165, 1.54) is 5.56 Å². The quantitative estimate of drug-likeness (QED) is 0.779. The Kier molecular flexibility index (Phi) is 3.88. The first-order valence-corrected chi connectivity index (χ1v) is 9.87. The summed E-state index contributed by atoms with van der Waals surface area (Å²) in [5.41, 5.74) is 1.38. The molecule has 0 radical (unpaired) electrons. The normalized spacial score (nSPS) is 23.5. The maximum Gasteiger partial charge on any atom is 0.256 e. The molecule has 3 heterocycles. The van der Waals surface area contributed by atoms with Gasteiger partial charge in [-0.2, -0.15) is 0 Å². The third-order valence-corrected chi connectivity index (χ3v) is 5.95. The Morgan fingerprint density at radius 2 is 1.75 bits per heavy atom. The van der Waals surface area contributed by atoms with Gasteiger partial charge in [-0.05, 0) is 24.3 Å². The van der Waals surface area contributed by atoms with Crippen LogP contribution in [0.2, 0.25) is 0 Å². The average molecular weight is 344 g/mol. The van der Waals surface area contributed by atoms with Gasteiger partial charge in [0.1, 0.15) is 0 Å². The molecule has 6 nitrogen and oxygen atoms in total. The highest BCUT2D eigenvalue weighted by Crippen LogP contribution is 2.28. The van der Waals surface area contributed by atoms with Crippen molar-refractivity contribution in [2.75, 3.05) is 25.4 Å². The third-order valence-electron chi connectivity index (χ3n) is 4.80. The zero-order chi connectivity index (χ0) is 16.6. The summed E-state index contributed by atoms with van der Waals surface area (Å²) in [5, 5.41) is 0. The number of sulfonamides is 1. The molecular formula is C17H20N4O2S. The Labute approximate surface area is 142 Å². The lowest BCUT2D eigenvalue weighted by Gasteiger charge is -2.38. The van der Waals surface area contributed by atoms with Gasteiger partial charge in [-0.3, -0.25) is 0 Å². The van der Waals surface area contributed by atoms with Crippen LogP contribution in [0.5, 0.6) is 0 Å². The summed E-state index contributed by atoms with van der Waals surface area (Å²) >= 11 is 0. The number of hydrogen-bond acceptors (Lipinski definition) is 5. The van der Waals surface area contributed by atoms with E-state index in [4.69, 9.17) is 0 Å². The number of benzene rings is 1. The molecule has 0 bridgehead atoms. The number of likely N-dealkylation sites (tertiary alicyclic amines) is 1. The molecule has 0 unspecified atom stereocenters. The van der Waals surface area contributed by atoms with Crippen molar-refractivity contribution in [3.8, 4) is 0 Å². The Morgan fingerprint density at radius 3 is 2.50 bits per heavy atom. The van der Waals surface area contributed by atoms with Crippen LogP contribution in [-0.2, 0) is 10.0 Å². The molecule has 126 valence electrons. The molecule has 1 aromatic carbocycles. The van der Waals surface area contributed by atoms with Crippen LogP contribution in [0.4, 0.5) is 0 Å². The summed E-state index contributed by atoms with van der Waals surface area (Å²) in [6.45, 7) is 2.16. The SMILES string of the molecule is O=S1(=O)CCN2C=CN=C(N3CCC(c4ccccc4)CC3)C2=N1. The number of rotatable bonds is 1. The van der Waals surface area contributed by atoms with Crippen LogP contribution in [0.1, 0.15) is 24.3 Å². The van der Waals surface area contributed by atoms with Crippen LogP contribution in [0.15, 0.2) is 52.1 Å². The first kappa shape index (κ1) is 15.4. The molecule has 0 atom stereocenters. The molecule has 24 heavy (non-hydrogen) atoms. The fraction of sp³-hybridized carbons (Fsp3) is 0.412. The van der Waals surface area contributed by atoms with Gasteiger partial charge in [0, 0.05) is 32.0 Å². The van der Waals surface area contributed by atoms with E-state index in [1.807, 2.05) is 11.0 Å². The predicted molar refractivity (Wildman–Crippen MR) is 94.5 cm³/mol. The summed E-state index contributed by atoms with van der Waals surface area (Å²) < 4.78 is 27.7. The van der Waals surface area contributed by atoms with Gasteiger partial charge in [0.25, 0.3) is 10.0 Å². The summed E-state index contributed by atoms with van der Waals surface area (Å²) in [5.74, 6) is 1.77. The molecule has 0 saturated carbocycles. The molecule has 0 N–H and O–H groups in total. The van der Waals surface area contributed by atoms with Crippen LogP contribution >= 0.6 is 0 Å². The fourth-order valence-corrected chi connectivity index (χ4v) is 4.45. The van der Waals surface area contributed by atoms with Crippen molar-refractivity contribution >= 4 is 21.7 Å². The standard InChI is InChI=1S/C17H20N4O2S/c22-24(23)13-12-21-11-8-18-16(17(21)19-24)20-9-6-15(7-10-20)14-4-2-1-3-5-14/h1-5,8,11,15H,6-7,9-10,12-13H2. The molecule has 1 saturated heterocycles. The minimum atomic E-state index is -3.37. The van der Waals surface area contributed by atoms with Crippen molar-refractivity contribution in [1.82, 2.24) is 9.80 Å². The van der Waals surface area contributed by atoms with Gasteiger partial charge < -0.3 is 9.80 Å². The van der Waals surface area contributed by atoms with Crippen molar-refractivity contribution in [2.45, 2.75) is 18.8 Å². The van der Waals surface area contributed by atoms with Crippen LogP contribution in [0.3, 0.4) is 0 Å². The first-order valence-electron chi connectivity index (χ1n) is 8.26. The summed E-state index contributed by atoms with van der Waals surface area (Å²) in [6.07, 6.45) is 5.60. The molecule has 3 aliphatic heterocycles. The van der Waals surface area contributed by atoms with Gasteiger partial charge in [-0.1, -0.05) is 30.3 Å². The molecule has 0 amide bonds. The minimum Gasteiger partial charge on any atom is -0.353 e. The molecule has 1 fully saturated rings. The van der Waals surface area contributed by atoms with Gasteiger partial charge >= 0.3 is 0 Å². The third kappa shape index (κ3) is 2.96. The molecule has 1 aromatic rings. The van der Waals surface area contributed by atoms with E-state index < -0.39 is 10.0 Å². The highest BCUT2D eigenvalue weighted by atomic mass is 32.2. The van der Waals surface area contributed by atoms with Gasteiger partial charge in [-0.15, -0.1) is 4.40 Å². The minimum absolute atomic E-state index is 0.0597. The van der Waals surface area contributed by atoms with Crippen molar-refractivity contribution in [3.05, 3.63) is 48.3 Å². The lowest BCUT2D eigenvalue weighted by molar-refractivity contribution is 0.313. The molecule has 4 rings (SSSR count). The van der Waals surface area contributed by atoms with E-state index in [0.717, 1.165) is 25.9 Å². The zero-order valence-electron chi connectivity index (χ0n) is 13.4. The summed E-state index contributed by atoms with van der Waals surface area (Å²) in [4.78, 5) is 8.47. The number of fused-ring (bicyclic) bond motifs is 1. The van der Waals surface area contributed by atoms with Gasteiger partial charge in [0.05, 0.1) is 5.75 Å². The van der Waals surface area contributed by atoms with E-state index in [0.29, 0.717) is 24.1 Å². The smallest absolute Gasteiger partial charge is 0.256 e. The molecule has 7 heteroatoms. The molecule has 3 aliphatic rings. The first-order chi connectivity index (χ1) is 11.6. The highest BCUT2D eigenvalue weighted by molar-refractivity contribution is 7.90. The zero-order valence-corrected chi connectivity index (χ0v) is 14.2. The number of hydrogen-bond donors (Lipinski definition) is 0. The summed E-state index contributed by atoms with van der Waals surface area (Å²) in [7, 11) is -3.37. The predicted octanol–water partition coefficient (Wildman–Crippen LogP) is 1.79. The van der Waals surface area contributed by atoms with Crippen LogP contribution in [0, 0.1) is 0 Å². The lowest BCUT2D eigenvalue weighted by atomic mass is 9.89. The number of amidine groups is 2. The van der Waals surface area contributed by atoms with E-state index in [2.05, 4.69) is 38.6 Å². The highest BCUT2D eigenvalue weighted by Gasteiger charge is 2.32. The maximum atomic E-state index is 11.9. The van der Waals surface area contributed by atoms with Gasteiger partial charge in [-0.25, -0.2) is 13.4 Å². The Balaban J connectivity index is 1.52. The van der Waals surface area contributed by atoms with Gasteiger partial charge in [0.15, 0.2) is 11.7 Å². The average Bonchev–Trinajstić information content (AvgIpc) is 2.61. The van der Waals surface area contributed by atoms with Crippen molar-refractivity contribution < 1.29 is 8.42 Å². The van der Waals surface area contributed by atoms with E-state index in [1.54, 1.807) is 12.4 Å². The topological polar surface area (TPSA) is 65.3 Å². The van der Waals surface area contributed by atoms with E-state index in [-0.39, 0.29) is 5.75 Å². The van der Waals surface area contributed by atoms with Gasteiger partial charge in [0.2, 0.25) is 0 Å². The van der Waals surface area contributed by atoms with Crippen LogP contribution in [-0.4, -0.2) is 55.3 Å². The van der Waals surface area contributed by atoms with Crippen molar-refractivity contribution in [2.24, 2.45) is 9.39 Å². The molecular weight excluding hydrogens is 324 g/mol. The molecule has 0 aromatic heterocycles. The monoisotopic (exact) mass is 344 g/mol. The van der Waals surface area contributed by atoms with Crippen LogP contribution < -0.4 is 0 Å². The Bertz CT molecular complexity index is 806.